The van der Waals surface area contributed by atoms with E-state index in [2.05, 4.69) is 43.4 Å². The first-order valence-electron chi connectivity index (χ1n) is 7.14. The van der Waals surface area contributed by atoms with E-state index in [-0.39, 0.29) is 0 Å². The van der Waals surface area contributed by atoms with Crippen molar-refractivity contribution in [2.24, 2.45) is 0 Å². The van der Waals surface area contributed by atoms with Gasteiger partial charge >= 0.3 is 0 Å². The Morgan fingerprint density at radius 1 is 0.952 bits per heavy atom. The van der Waals surface area contributed by atoms with Gasteiger partial charge in [-0.1, -0.05) is 29.8 Å². The zero-order valence-corrected chi connectivity index (χ0v) is 13.1. The molecule has 21 heavy (non-hydrogen) atoms. The first-order chi connectivity index (χ1) is 10.1. The van der Waals surface area contributed by atoms with E-state index in [1.54, 1.807) is 14.2 Å². The summed E-state index contributed by atoms with van der Waals surface area (Å²) in [6, 6.07) is 14.8. The highest BCUT2D eigenvalue weighted by Crippen LogP contribution is 2.23. The molecule has 0 saturated heterocycles. The van der Waals surface area contributed by atoms with E-state index >= 15 is 0 Å². The molecule has 0 fully saturated rings. The van der Waals surface area contributed by atoms with Crippen molar-refractivity contribution >= 4 is 0 Å². The van der Waals surface area contributed by atoms with Crippen LogP contribution in [-0.2, 0) is 6.54 Å². The van der Waals surface area contributed by atoms with Gasteiger partial charge in [0.2, 0.25) is 0 Å². The maximum Gasteiger partial charge on any atom is 0.122 e. The van der Waals surface area contributed by atoms with Crippen LogP contribution in [0.15, 0.2) is 42.5 Å². The minimum absolute atomic E-state index is 0.294. The molecule has 1 atom stereocenters. The Kier molecular flexibility index (Phi) is 5.23. The molecule has 0 amide bonds. The van der Waals surface area contributed by atoms with Gasteiger partial charge in [0.1, 0.15) is 11.5 Å². The lowest BCUT2D eigenvalue weighted by molar-refractivity contribution is 0.392. The van der Waals surface area contributed by atoms with Gasteiger partial charge in [0.25, 0.3) is 0 Å². The molecule has 0 saturated carbocycles. The topological polar surface area (TPSA) is 30.5 Å². The van der Waals surface area contributed by atoms with Crippen molar-refractivity contribution in [1.29, 1.82) is 0 Å². The van der Waals surface area contributed by atoms with Crippen LogP contribution in [-0.4, -0.2) is 14.2 Å². The quantitative estimate of drug-likeness (QED) is 0.874. The van der Waals surface area contributed by atoms with Crippen LogP contribution in [0.4, 0.5) is 0 Å². The molecule has 3 nitrogen and oxygen atoms in total. The number of rotatable bonds is 6. The number of benzene rings is 2. The molecule has 112 valence electrons. The summed E-state index contributed by atoms with van der Waals surface area (Å²) in [5.74, 6) is 1.63. The standard InChI is InChI=1S/C18H23NO2/c1-13-5-7-16(8-6-13)14(2)19-12-15-9-17(20-3)11-18(10-15)21-4/h5-11,14,19H,12H2,1-4H3/t14-/m1/s1. The van der Waals surface area contributed by atoms with Gasteiger partial charge in [0.15, 0.2) is 0 Å². The summed E-state index contributed by atoms with van der Waals surface area (Å²) in [5, 5.41) is 3.53. The van der Waals surface area contributed by atoms with Crippen molar-refractivity contribution in [2.45, 2.75) is 26.4 Å². The second-order valence-corrected chi connectivity index (χ2v) is 5.23. The third-order valence-electron chi connectivity index (χ3n) is 3.60. The molecular formula is C18H23NO2. The van der Waals surface area contributed by atoms with E-state index in [9.17, 15) is 0 Å². The van der Waals surface area contributed by atoms with Gasteiger partial charge in [-0.05, 0) is 37.1 Å². The maximum absolute atomic E-state index is 5.29. The van der Waals surface area contributed by atoms with Crippen LogP contribution in [0.5, 0.6) is 11.5 Å². The van der Waals surface area contributed by atoms with E-state index < -0.39 is 0 Å². The molecule has 1 N–H and O–H groups in total. The van der Waals surface area contributed by atoms with Crippen molar-refractivity contribution in [1.82, 2.24) is 5.32 Å². The predicted octanol–water partition coefficient (Wildman–Crippen LogP) is 3.86. The molecule has 3 heteroatoms. The molecule has 0 aromatic heterocycles. The van der Waals surface area contributed by atoms with Gasteiger partial charge in [-0.25, -0.2) is 0 Å². The Morgan fingerprint density at radius 2 is 1.52 bits per heavy atom. The summed E-state index contributed by atoms with van der Waals surface area (Å²) < 4.78 is 10.6. The summed E-state index contributed by atoms with van der Waals surface area (Å²) in [7, 11) is 3.34. The van der Waals surface area contributed by atoms with Crippen LogP contribution >= 0.6 is 0 Å². The molecule has 0 bridgehead atoms. The highest BCUT2D eigenvalue weighted by molar-refractivity contribution is 5.38. The van der Waals surface area contributed by atoms with Crippen LogP contribution < -0.4 is 14.8 Å². The molecule has 0 heterocycles. The number of nitrogens with one attached hydrogen (secondary N) is 1. The zero-order chi connectivity index (χ0) is 15.2. The Morgan fingerprint density at radius 3 is 2.05 bits per heavy atom. The summed E-state index contributed by atoms with van der Waals surface area (Å²) in [6.07, 6.45) is 0. The summed E-state index contributed by atoms with van der Waals surface area (Å²) >= 11 is 0. The van der Waals surface area contributed by atoms with Gasteiger partial charge in [0, 0.05) is 18.7 Å². The smallest absolute Gasteiger partial charge is 0.122 e. The summed E-state index contributed by atoms with van der Waals surface area (Å²) in [5.41, 5.74) is 3.71. The number of aryl methyl sites for hydroxylation is 1. The zero-order valence-electron chi connectivity index (χ0n) is 13.1. The van der Waals surface area contributed by atoms with Crippen molar-refractivity contribution in [3.63, 3.8) is 0 Å². The molecule has 0 aliphatic rings. The highest BCUT2D eigenvalue weighted by atomic mass is 16.5. The van der Waals surface area contributed by atoms with Crippen LogP contribution in [0.3, 0.4) is 0 Å². The summed E-state index contributed by atoms with van der Waals surface area (Å²) in [4.78, 5) is 0. The molecule has 2 rings (SSSR count). The fourth-order valence-corrected chi connectivity index (χ4v) is 2.21. The average Bonchev–Trinajstić information content (AvgIpc) is 2.52. The Balaban J connectivity index is 2.03. The lowest BCUT2D eigenvalue weighted by Gasteiger charge is -2.15. The minimum atomic E-state index is 0.294. The third kappa shape index (κ3) is 4.23. The monoisotopic (exact) mass is 285 g/mol. The number of hydrogen-bond donors (Lipinski definition) is 1. The first-order valence-corrected chi connectivity index (χ1v) is 7.14. The van der Waals surface area contributed by atoms with Crippen molar-refractivity contribution in [3.05, 3.63) is 59.2 Å². The van der Waals surface area contributed by atoms with Crippen molar-refractivity contribution in [2.75, 3.05) is 14.2 Å². The summed E-state index contributed by atoms with van der Waals surface area (Å²) in [6.45, 7) is 5.04. The van der Waals surface area contributed by atoms with Crippen molar-refractivity contribution < 1.29 is 9.47 Å². The SMILES string of the molecule is COc1cc(CN[C@H](C)c2ccc(C)cc2)cc(OC)c1. The van der Waals surface area contributed by atoms with E-state index in [1.165, 1.54) is 11.1 Å². The molecule has 0 spiro atoms. The normalized spacial score (nSPS) is 12.0. The van der Waals surface area contributed by atoms with E-state index in [4.69, 9.17) is 9.47 Å². The molecule has 0 aliphatic heterocycles. The number of hydrogen-bond acceptors (Lipinski definition) is 3. The van der Waals surface area contributed by atoms with Gasteiger partial charge in [-0.2, -0.15) is 0 Å². The van der Waals surface area contributed by atoms with Crippen LogP contribution in [0.25, 0.3) is 0 Å². The van der Waals surface area contributed by atoms with Crippen LogP contribution in [0.2, 0.25) is 0 Å². The second-order valence-electron chi connectivity index (χ2n) is 5.23. The van der Waals surface area contributed by atoms with Gasteiger partial charge in [-0.15, -0.1) is 0 Å². The molecule has 0 unspecified atom stereocenters. The number of ether oxygens (including phenoxy) is 2. The lowest BCUT2D eigenvalue weighted by atomic mass is 10.1. The minimum Gasteiger partial charge on any atom is -0.497 e. The van der Waals surface area contributed by atoms with Crippen molar-refractivity contribution in [3.8, 4) is 11.5 Å². The predicted molar refractivity (Wildman–Crippen MR) is 86.0 cm³/mol. The molecule has 0 radical (unpaired) electrons. The second kappa shape index (κ2) is 7.14. The first kappa shape index (κ1) is 15.4. The molecule has 2 aromatic rings. The average molecular weight is 285 g/mol. The lowest BCUT2D eigenvalue weighted by Crippen LogP contribution is -2.18. The maximum atomic E-state index is 5.29. The Hall–Kier alpha value is -2.00. The third-order valence-corrected chi connectivity index (χ3v) is 3.60. The van der Waals surface area contributed by atoms with Gasteiger partial charge < -0.3 is 14.8 Å². The fourth-order valence-electron chi connectivity index (χ4n) is 2.21. The van der Waals surface area contributed by atoms with E-state index in [1.807, 2.05) is 18.2 Å². The van der Waals surface area contributed by atoms with Crippen LogP contribution in [0.1, 0.15) is 29.7 Å². The van der Waals surface area contributed by atoms with Gasteiger partial charge in [-0.3, -0.25) is 0 Å². The Labute approximate surface area is 126 Å². The molecule has 0 aliphatic carbocycles. The van der Waals surface area contributed by atoms with Gasteiger partial charge in [0.05, 0.1) is 14.2 Å². The van der Waals surface area contributed by atoms with E-state index in [0.29, 0.717) is 6.04 Å². The highest BCUT2D eigenvalue weighted by Gasteiger charge is 2.06. The Bertz CT molecular complexity index is 556. The van der Waals surface area contributed by atoms with Crippen LogP contribution in [0, 0.1) is 6.92 Å². The molecular weight excluding hydrogens is 262 g/mol. The van der Waals surface area contributed by atoms with E-state index in [0.717, 1.165) is 23.6 Å². The molecule has 2 aromatic carbocycles. The largest absolute Gasteiger partial charge is 0.497 e. The fraction of sp³-hybridized carbons (Fsp3) is 0.333. The number of methoxy groups -OCH3 is 2.